The number of aryl methyl sites for hydroxylation is 1. The number of nitriles is 1. The minimum atomic E-state index is -0.645. The first kappa shape index (κ1) is 29.2. The van der Waals surface area contributed by atoms with E-state index in [1.807, 2.05) is 6.07 Å². The molecule has 0 N–H and O–H groups in total. The Morgan fingerprint density at radius 2 is 1.50 bits per heavy atom. The highest BCUT2D eigenvalue weighted by Crippen LogP contribution is 2.26. The van der Waals surface area contributed by atoms with E-state index in [9.17, 15) is 24.4 Å². The van der Waals surface area contributed by atoms with Gasteiger partial charge in [0.15, 0.2) is 0 Å². The standard InChI is InChI=1S/C32H25N3O7/c1-19-12-28(20(2)35(19)26-15-23(30(37)40-3)14-24(16-26)31(38)41-4)29(36)25(17-33)13-21-7-9-27(10-8-21)42-32(39)22-6-5-11-34-18-22/h5-16,18H,1-4H3/b25-13-. The monoisotopic (exact) mass is 563 g/mol. The van der Waals surface area contributed by atoms with E-state index < -0.39 is 23.7 Å². The molecule has 0 bridgehead atoms. The van der Waals surface area contributed by atoms with Crippen LogP contribution in [0.15, 0.2) is 78.6 Å². The Kier molecular flexibility index (Phi) is 8.73. The van der Waals surface area contributed by atoms with E-state index in [0.717, 1.165) is 0 Å². The van der Waals surface area contributed by atoms with Crippen molar-refractivity contribution < 1.29 is 33.4 Å². The molecule has 0 aliphatic heterocycles. The van der Waals surface area contributed by atoms with Crippen molar-refractivity contribution in [2.24, 2.45) is 0 Å². The van der Waals surface area contributed by atoms with E-state index in [4.69, 9.17) is 14.2 Å². The van der Waals surface area contributed by atoms with E-state index in [-0.39, 0.29) is 28.0 Å². The maximum atomic E-state index is 13.5. The summed E-state index contributed by atoms with van der Waals surface area (Å²) < 4.78 is 16.7. The van der Waals surface area contributed by atoms with Gasteiger partial charge < -0.3 is 18.8 Å². The number of hydrogen-bond acceptors (Lipinski definition) is 9. The van der Waals surface area contributed by atoms with E-state index in [2.05, 4.69) is 4.98 Å². The molecule has 2 heterocycles. The van der Waals surface area contributed by atoms with Crippen LogP contribution in [0.1, 0.15) is 58.4 Å². The summed E-state index contributed by atoms with van der Waals surface area (Å²) in [4.78, 5) is 54.2. The molecule has 0 aliphatic carbocycles. The summed E-state index contributed by atoms with van der Waals surface area (Å²) in [6, 6.07) is 17.6. The Labute approximate surface area is 241 Å². The summed E-state index contributed by atoms with van der Waals surface area (Å²) in [5.74, 6) is -2.08. The van der Waals surface area contributed by atoms with Gasteiger partial charge in [0.25, 0.3) is 0 Å². The average molecular weight is 564 g/mol. The summed E-state index contributed by atoms with van der Waals surface area (Å²) in [6.07, 6.45) is 4.39. The van der Waals surface area contributed by atoms with Crippen LogP contribution < -0.4 is 4.74 Å². The molecule has 4 rings (SSSR count). The minimum Gasteiger partial charge on any atom is -0.465 e. The Hall–Kier alpha value is -5.82. The molecular formula is C32H25N3O7. The van der Waals surface area contributed by atoms with Crippen LogP contribution in [0.4, 0.5) is 0 Å². The van der Waals surface area contributed by atoms with Crippen molar-refractivity contribution >= 4 is 29.8 Å². The predicted octanol–water partition coefficient (Wildman–Crippen LogP) is 5.07. The third-order valence-corrected chi connectivity index (χ3v) is 6.36. The summed E-state index contributed by atoms with van der Waals surface area (Å²) in [5, 5.41) is 9.83. The number of carbonyl (C=O) groups is 4. The molecule has 0 saturated carbocycles. The number of hydrogen-bond donors (Lipinski definition) is 0. The number of rotatable bonds is 8. The largest absolute Gasteiger partial charge is 0.465 e. The first-order chi connectivity index (χ1) is 20.2. The highest BCUT2D eigenvalue weighted by atomic mass is 16.5. The lowest BCUT2D eigenvalue weighted by molar-refractivity contribution is 0.0597. The van der Waals surface area contributed by atoms with E-state index in [0.29, 0.717) is 28.2 Å². The van der Waals surface area contributed by atoms with Crippen LogP contribution in [0, 0.1) is 25.2 Å². The van der Waals surface area contributed by atoms with Crippen molar-refractivity contribution in [3.63, 3.8) is 0 Å². The van der Waals surface area contributed by atoms with E-state index in [1.165, 1.54) is 44.7 Å². The quantitative estimate of drug-likeness (QED) is 0.0945. The zero-order valence-corrected chi connectivity index (χ0v) is 23.2. The molecule has 0 radical (unpaired) electrons. The molecule has 2 aromatic carbocycles. The molecule has 0 aliphatic rings. The fraction of sp³-hybridized carbons (Fsp3) is 0.125. The van der Waals surface area contributed by atoms with Gasteiger partial charge in [-0.15, -0.1) is 0 Å². The molecule has 0 spiro atoms. The van der Waals surface area contributed by atoms with Crippen molar-refractivity contribution in [3.05, 3.63) is 118 Å². The van der Waals surface area contributed by atoms with Gasteiger partial charge in [-0.25, -0.2) is 14.4 Å². The lowest BCUT2D eigenvalue weighted by Gasteiger charge is -2.13. The Morgan fingerprint density at radius 1 is 0.857 bits per heavy atom. The number of methoxy groups -OCH3 is 2. The summed E-state index contributed by atoms with van der Waals surface area (Å²) in [6.45, 7) is 3.46. The summed E-state index contributed by atoms with van der Waals surface area (Å²) in [5.41, 5.74) is 2.81. The Morgan fingerprint density at radius 3 is 2.05 bits per heavy atom. The number of Topliss-reactive ketones (excluding diaryl/α,β-unsaturated/α-hetero) is 1. The topological polar surface area (TPSA) is 138 Å². The second-order valence-corrected chi connectivity index (χ2v) is 9.07. The van der Waals surface area contributed by atoms with Gasteiger partial charge >= 0.3 is 17.9 Å². The van der Waals surface area contributed by atoms with Crippen LogP contribution in [0.2, 0.25) is 0 Å². The highest BCUT2D eigenvalue weighted by Gasteiger charge is 2.22. The number of nitrogens with zero attached hydrogens (tertiary/aromatic N) is 3. The third kappa shape index (κ3) is 6.16. The maximum absolute atomic E-state index is 13.5. The Bertz CT molecular complexity index is 1730. The first-order valence-corrected chi connectivity index (χ1v) is 12.6. The normalized spacial score (nSPS) is 10.9. The van der Waals surface area contributed by atoms with Gasteiger partial charge in [-0.3, -0.25) is 9.78 Å². The van der Waals surface area contributed by atoms with Crippen LogP contribution in [0.5, 0.6) is 5.75 Å². The smallest absolute Gasteiger partial charge is 0.345 e. The molecule has 0 amide bonds. The van der Waals surface area contributed by atoms with Gasteiger partial charge in [0.2, 0.25) is 5.78 Å². The van der Waals surface area contributed by atoms with Crippen LogP contribution in [-0.2, 0) is 9.47 Å². The predicted molar refractivity (Wildman–Crippen MR) is 151 cm³/mol. The molecule has 0 fully saturated rings. The van der Waals surface area contributed by atoms with Crippen molar-refractivity contribution in [2.45, 2.75) is 13.8 Å². The highest BCUT2D eigenvalue weighted by molar-refractivity contribution is 6.15. The second kappa shape index (κ2) is 12.6. The molecule has 0 atom stereocenters. The van der Waals surface area contributed by atoms with Crippen LogP contribution in [0.25, 0.3) is 11.8 Å². The fourth-order valence-corrected chi connectivity index (χ4v) is 4.34. The number of esters is 3. The molecular weight excluding hydrogens is 538 g/mol. The molecule has 0 unspecified atom stereocenters. The van der Waals surface area contributed by atoms with Crippen molar-refractivity contribution in [1.29, 1.82) is 5.26 Å². The molecule has 10 nitrogen and oxygen atoms in total. The zero-order valence-electron chi connectivity index (χ0n) is 23.2. The van der Waals surface area contributed by atoms with E-state index in [1.54, 1.807) is 67.1 Å². The minimum absolute atomic E-state index is 0.117. The third-order valence-electron chi connectivity index (χ3n) is 6.36. The van der Waals surface area contributed by atoms with Crippen LogP contribution in [0.3, 0.4) is 0 Å². The zero-order chi connectivity index (χ0) is 30.4. The van der Waals surface area contributed by atoms with Crippen molar-refractivity contribution in [1.82, 2.24) is 9.55 Å². The van der Waals surface area contributed by atoms with Crippen molar-refractivity contribution in [2.75, 3.05) is 14.2 Å². The van der Waals surface area contributed by atoms with Gasteiger partial charge in [0, 0.05) is 35.0 Å². The molecule has 210 valence electrons. The lowest BCUT2D eigenvalue weighted by Crippen LogP contribution is -2.10. The van der Waals surface area contributed by atoms with Gasteiger partial charge in [-0.2, -0.15) is 5.26 Å². The number of ketones is 1. The van der Waals surface area contributed by atoms with Gasteiger partial charge in [0.05, 0.1) is 30.9 Å². The summed E-state index contributed by atoms with van der Waals surface area (Å²) in [7, 11) is 2.46. The maximum Gasteiger partial charge on any atom is 0.345 e. The van der Waals surface area contributed by atoms with Gasteiger partial charge in [0.1, 0.15) is 17.4 Å². The molecule has 4 aromatic rings. The number of allylic oxidation sites excluding steroid dienone is 1. The van der Waals surface area contributed by atoms with Gasteiger partial charge in [-0.05, 0) is 74.0 Å². The first-order valence-electron chi connectivity index (χ1n) is 12.6. The fourth-order valence-electron chi connectivity index (χ4n) is 4.34. The van der Waals surface area contributed by atoms with Crippen LogP contribution >= 0.6 is 0 Å². The molecule has 2 aromatic heterocycles. The van der Waals surface area contributed by atoms with E-state index >= 15 is 0 Å². The van der Waals surface area contributed by atoms with Gasteiger partial charge in [-0.1, -0.05) is 12.1 Å². The lowest BCUT2D eigenvalue weighted by atomic mass is 10.0. The molecule has 0 saturated heterocycles. The number of benzene rings is 2. The second-order valence-electron chi connectivity index (χ2n) is 9.07. The molecule has 42 heavy (non-hydrogen) atoms. The Balaban J connectivity index is 1.63. The molecule has 10 heteroatoms. The van der Waals surface area contributed by atoms with Crippen molar-refractivity contribution in [3.8, 4) is 17.5 Å². The summed E-state index contributed by atoms with van der Waals surface area (Å²) >= 11 is 0. The number of pyridine rings is 1. The number of aromatic nitrogens is 2. The number of carbonyl (C=O) groups excluding carboxylic acids is 4. The average Bonchev–Trinajstić information content (AvgIpc) is 3.32. The SMILES string of the molecule is COC(=O)c1cc(C(=O)OC)cc(-n2c(C)cc(C(=O)/C(C#N)=C\c3ccc(OC(=O)c4cccnc4)cc3)c2C)c1. The van der Waals surface area contributed by atoms with Crippen LogP contribution in [-0.4, -0.2) is 47.5 Å². The number of ether oxygens (including phenoxy) is 3.